The van der Waals surface area contributed by atoms with Gasteiger partial charge in [-0.1, -0.05) is 36.4 Å². The molecule has 0 bridgehead atoms. The molecule has 26 heavy (non-hydrogen) atoms. The Balaban J connectivity index is 0.00000243. The number of nitriles is 1. The van der Waals surface area contributed by atoms with Crippen molar-refractivity contribution in [1.82, 2.24) is 10.2 Å². The lowest BCUT2D eigenvalue weighted by atomic mass is 9.99. The first kappa shape index (κ1) is 20.2. The normalized spacial score (nSPS) is 16.7. The molecule has 3 rings (SSSR count). The molecule has 1 aliphatic heterocycles. The van der Waals surface area contributed by atoms with Crippen LogP contribution in [0, 0.1) is 17.1 Å². The second-order valence-electron chi connectivity index (χ2n) is 6.16. The number of guanidine groups is 1. The molecule has 136 valence electrons. The zero-order valence-electron chi connectivity index (χ0n) is 14.7. The number of halogens is 2. The van der Waals surface area contributed by atoms with Crippen LogP contribution in [-0.4, -0.2) is 31.0 Å². The second kappa shape index (κ2) is 9.53. The molecule has 2 aromatic carbocycles. The number of rotatable bonds is 3. The van der Waals surface area contributed by atoms with Crippen molar-refractivity contribution in [1.29, 1.82) is 5.26 Å². The Morgan fingerprint density at radius 1 is 1.31 bits per heavy atom. The topological polar surface area (TPSA) is 51.4 Å². The van der Waals surface area contributed by atoms with Gasteiger partial charge in [-0.15, -0.1) is 24.0 Å². The van der Waals surface area contributed by atoms with E-state index in [1.807, 2.05) is 12.1 Å². The SMILES string of the molecule is CN=C(NCc1ccc(C#N)cc1F)N1CCC(c2ccccc2)C1.I. The van der Waals surface area contributed by atoms with Gasteiger partial charge in [-0.2, -0.15) is 5.26 Å². The van der Waals surface area contributed by atoms with Gasteiger partial charge in [0.15, 0.2) is 5.96 Å². The molecule has 1 aliphatic rings. The van der Waals surface area contributed by atoms with Gasteiger partial charge in [-0.25, -0.2) is 4.39 Å². The van der Waals surface area contributed by atoms with E-state index in [4.69, 9.17) is 5.26 Å². The van der Waals surface area contributed by atoms with E-state index in [2.05, 4.69) is 39.5 Å². The minimum Gasteiger partial charge on any atom is -0.352 e. The molecule has 4 nitrogen and oxygen atoms in total. The lowest BCUT2D eigenvalue weighted by Gasteiger charge is -2.22. The number of nitrogens with zero attached hydrogens (tertiary/aromatic N) is 3. The van der Waals surface area contributed by atoms with Crippen molar-refractivity contribution in [2.45, 2.75) is 18.9 Å². The van der Waals surface area contributed by atoms with E-state index in [-0.39, 0.29) is 29.8 Å². The first-order chi connectivity index (χ1) is 12.2. The summed E-state index contributed by atoms with van der Waals surface area (Å²) in [4.78, 5) is 6.54. The van der Waals surface area contributed by atoms with Gasteiger partial charge in [0.05, 0.1) is 11.6 Å². The Morgan fingerprint density at radius 3 is 2.73 bits per heavy atom. The highest BCUT2D eigenvalue weighted by molar-refractivity contribution is 14.0. The van der Waals surface area contributed by atoms with E-state index in [9.17, 15) is 4.39 Å². The minimum atomic E-state index is -0.370. The molecule has 1 fully saturated rings. The average molecular weight is 464 g/mol. The Labute approximate surface area is 170 Å². The monoisotopic (exact) mass is 464 g/mol. The van der Waals surface area contributed by atoms with Gasteiger partial charge < -0.3 is 10.2 Å². The van der Waals surface area contributed by atoms with Crippen LogP contribution in [0.4, 0.5) is 4.39 Å². The summed E-state index contributed by atoms with van der Waals surface area (Å²) in [5.41, 5.74) is 2.20. The Kier molecular flexibility index (Phi) is 7.39. The van der Waals surface area contributed by atoms with Crippen LogP contribution in [0.2, 0.25) is 0 Å². The van der Waals surface area contributed by atoms with Crippen molar-refractivity contribution >= 4 is 29.9 Å². The molecular formula is C20H22FIN4. The van der Waals surface area contributed by atoms with E-state index in [0.29, 0.717) is 23.6 Å². The largest absolute Gasteiger partial charge is 0.352 e. The van der Waals surface area contributed by atoms with Crippen LogP contribution in [0.25, 0.3) is 0 Å². The first-order valence-corrected chi connectivity index (χ1v) is 8.40. The molecule has 1 heterocycles. The number of benzene rings is 2. The van der Waals surface area contributed by atoms with E-state index >= 15 is 0 Å². The van der Waals surface area contributed by atoms with E-state index in [1.165, 1.54) is 11.6 Å². The number of hydrogen-bond donors (Lipinski definition) is 1. The maximum atomic E-state index is 14.0. The minimum absolute atomic E-state index is 0. The average Bonchev–Trinajstić information content (AvgIpc) is 3.14. The van der Waals surface area contributed by atoms with E-state index < -0.39 is 0 Å². The Hall–Kier alpha value is -2.14. The quantitative estimate of drug-likeness (QED) is 0.426. The van der Waals surface area contributed by atoms with Crippen LogP contribution >= 0.6 is 24.0 Å². The number of hydrogen-bond acceptors (Lipinski definition) is 2. The zero-order chi connectivity index (χ0) is 17.6. The molecule has 0 amide bonds. The molecular weight excluding hydrogens is 442 g/mol. The highest BCUT2D eigenvalue weighted by atomic mass is 127. The van der Waals surface area contributed by atoms with Gasteiger partial charge >= 0.3 is 0 Å². The van der Waals surface area contributed by atoms with Gasteiger partial charge in [-0.05, 0) is 24.1 Å². The predicted octanol–water partition coefficient (Wildman–Crippen LogP) is 3.88. The molecule has 0 aromatic heterocycles. The highest BCUT2D eigenvalue weighted by Crippen LogP contribution is 2.26. The van der Waals surface area contributed by atoms with Crippen LogP contribution in [0.15, 0.2) is 53.5 Å². The predicted molar refractivity (Wildman–Crippen MR) is 112 cm³/mol. The summed E-state index contributed by atoms with van der Waals surface area (Å²) in [6.45, 7) is 2.17. The van der Waals surface area contributed by atoms with Crippen LogP contribution in [-0.2, 0) is 6.54 Å². The molecule has 1 N–H and O–H groups in total. The van der Waals surface area contributed by atoms with E-state index in [1.54, 1.807) is 19.2 Å². The van der Waals surface area contributed by atoms with Crippen molar-refractivity contribution in [2.75, 3.05) is 20.1 Å². The summed E-state index contributed by atoms with van der Waals surface area (Å²) >= 11 is 0. The number of nitrogens with one attached hydrogen (secondary N) is 1. The Bertz CT molecular complexity index is 801. The lowest BCUT2D eigenvalue weighted by molar-refractivity contribution is 0.484. The van der Waals surface area contributed by atoms with E-state index in [0.717, 1.165) is 25.5 Å². The molecule has 1 saturated heterocycles. The fourth-order valence-electron chi connectivity index (χ4n) is 3.22. The lowest BCUT2D eigenvalue weighted by Crippen LogP contribution is -2.39. The van der Waals surface area contributed by atoms with Gasteiger partial charge in [0.1, 0.15) is 5.82 Å². The molecule has 0 radical (unpaired) electrons. The molecule has 0 saturated carbocycles. The van der Waals surface area contributed by atoms with Crippen LogP contribution < -0.4 is 5.32 Å². The van der Waals surface area contributed by atoms with Crippen LogP contribution in [0.1, 0.15) is 29.0 Å². The van der Waals surface area contributed by atoms with Crippen molar-refractivity contribution in [3.8, 4) is 6.07 Å². The second-order valence-corrected chi connectivity index (χ2v) is 6.16. The molecule has 0 spiro atoms. The third kappa shape index (κ3) is 4.73. The fraction of sp³-hybridized carbons (Fsp3) is 0.300. The summed E-state index contributed by atoms with van der Waals surface area (Å²) in [5, 5.41) is 12.0. The molecule has 1 atom stereocenters. The van der Waals surface area contributed by atoms with Crippen molar-refractivity contribution < 1.29 is 4.39 Å². The molecule has 0 aliphatic carbocycles. The zero-order valence-corrected chi connectivity index (χ0v) is 17.0. The Morgan fingerprint density at radius 2 is 2.08 bits per heavy atom. The highest BCUT2D eigenvalue weighted by Gasteiger charge is 2.25. The number of likely N-dealkylation sites (tertiary alicyclic amines) is 1. The molecule has 1 unspecified atom stereocenters. The summed E-state index contributed by atoms with van der Waals surface area (Å²) < 4.78 is 14.0. The first-order valence-electron chi connectivity index (χ1n) is 8.40. The standard InChI is InChI=1S/C20H21FN4.HI/c1-23-20(24-13-17-8-7-15(12-22)11-19(17)21)25-10-9-18(14-25)16-5-3-2-4-6-16;/h2-8,11,18H,9-10,13-14H2,1H3,(H,23,24);1H. The van der Waals surface area contributed by atoms with Crippen molar-refractivity contribution in [3.63, 3.8) is 0 Å². The van der Waals surface area contributed by atoms with Gasteiger partial charge in [0.25, 0.3) is 0 Å². The summed E-state index contributed by atoms with van der Waals surface area (Å²) in [7, 11) is 1.74. The van der Waals surface area contributed by atoms with Crippen LogP contribution in [0.5, 0.6) is 0 Å². The maximum Gasteiger partial charge on any atom is 0.193 e. The summed E-state index contributed by atoms with van der Waals surface area (Å²) in [6.07, 6.45) is 1.08. The maximum absolute atomic E-state index is 14.0. The van der Waals surface area contributed by atoms with Crippen molar-refractivity contribution in [2.24, 2.45) is 4.99 Å². The van der Waals surface area contributed by atoms with Crippen LogP contribution in [0.3, 0.4) is 0 Å². The fourth-order valence-corrected chi connectivity index (χ4v) is 3.22. The third-order valence-electron chi connectivity index (χ3n) is 4.59. The van der Waals surface area contributed by atoms with Gasteiger partial charge in [0, 0.05) is 38.2 Å². The summed E-state index contributed by atoms with van der Waals surface area (Å²) in [6, 6.07) is 17.0. The third-order valence-corrected chi connectivity index (χ3v) is 4.59. The summed E-state index contributed by atoms with van der Waals surface area (Å²) in [5.74, 6) is 0.902. The molecule has 2 aromatic rings. The van der Waals surface area contributed by atoms with Gasteiger partial charge in [0.2, 0.25) is 0 Å². The number of aliphatic imine (C=N–C) groups is 1. The smallest absolute Gasteiger partial charge is 0.193 e. The molecule has 6 heteroatoms. The van der Waals surface area contributed by atoms with Gasteiger partial charge in [-0.3, -0.25) is 4.99 Å². The van der Waals surface area contributed by atoms with Crippen molar-refractivity contribution in [3.05, 3.63) is 71.0 Å².